The van der Waals surface area contributed by atoms with E-state index in [1.54, 1.807) is 13.0 Å². The van der Waals surface area contributed by atoms with E-state index >= 15 is 4.39 Å². The molecule has 2 aliphatic rings. The van der Waals surface area contributed by atoms with Crippen molar-refractivity contribution in [1.82, 2.24) is 20.0 Å². The van der Waals surface area contributed by atoms with Crippen molar-refractivity contribution in [2.24, 2.45) is 4.99 Å². The summed E-state index contributed by atoms with van der Waals surface area (Å²) >= 11 is 0. The number of nitrogens with one attached hydrogen (secondary N) is 3. The molecule has 2 aromatic rings. The molecule has 4 rings (SSSR count). The molecule has 1 saturated heterocycles. The van der Waals surface area contributed by atoms with Crippen LogP contribution in [0.25, 0.3) is 0 Å². The Labute approximate surface area is 223 Å². The number of aliphatic imine (C=N–C) groups is 1. The van der Waals surface area contributed by atoms with Crippen LogP contribution in [-0.4, -0.2) is 59.6 Å². The molecule has 208 valence electrons. The van der Waals surface area contributed by atoms with Crippen LogP contribution >= 0.6 is 0 Å². The smallest absolute Gasteiger partial charge is 0.410 e. The van der Waals surface area contributed by atoms with Gasteiger partial charge in [-0.2, -0.15) is 0 Å². The molecule has 0 aliphatic carbocycles. The molecule has 4 heterocycles. The lowest BCUT2D eigenvalue weighted by Crippen LogP contribution is -2.73. The Balaban J connectivity index is 1.80. The van der Waals surface area contributed by atoms with Crippen molar-refractivity contribution in [2.75, 3.05) is 11.9 Å². The number of nitrogens with zero attached hydrogens (tertiary/aromatic N) is 3. The first-order valence-electron chi connectivity index (χ1n) is 11.8. The Bertz CT molecular complexity index is 1480. The van der Waals surface area contributed by atoms with Gasteiger partial charge in [0.25, 0.3) is 11.8 Å². The summed E-state index contributed by atoms with van der Waals surface area (Å²) in [4.78, 5) is 36.9. The first-order chi connectivity index (χ1) is 18.1. The Hall–Kier alpha value is -3.83. The van der Waals surface area contributed by atoms with Crippen molar-refractivity contribution in [3.8, 4) is 11.8 Å². The molecule has 39 heavy (non-hydrogen) atoms. The minimum Gasteiger partial charge on any atom is -0.465 e. The molecule has 2 amide bonds. The van der Waals surface area contributed by atoms with Gasteiger partial charge in [0, 0.05) is 18.2 Å². The summed E-state index contributed by atoms with van der Waals surface area (Å²) in [5, 5.41) is 12.5. The number of hydrogen-bond donors (Lipinski definition) is 5. The number of carbonyl (C=O) groups is 2. The lowest BCUT2D eigenvalue weighted by molar-refractivity contribution is -0.0139. The SMILES string of the molecule is CC#Cc1ccc(C(=O)Nc2ccc(F)c([C@@]3(C)N=C(NC(=O)O)C(C)(C)[SH]4(=O)NCC(F)(F)C[C@H]34)n2)nc1. The monoisotopic (exact) mass is 564 g/mol. The molecule has 0 radical (unpaired) electrons. The topological polar surface area (TPSA) is 146 Å². The first-order valence-corrected chi connectivity index (χ1v) is 13.6. The van der Waals surface area contributed by atoms with E-state index in [1.807, 2.05) is 0 Å². The highest BCUT2D eigenvalue weighted by molar-refractivity contribution is 8.04. The van der Waals surface area contributed by atoms with Gasteiger partial charge in [0.15, 0.2) is 0 Å². The number of thiol groups is 1. The maximum atomic E-state index is 15.3. The van der Waals surface area contributed by atoms with Crippen LogP contribution in [0.4, 0.5) is 23.8 Å². The maximum absolute atomic E-state index is 15.3. The third-order valence-corrected chi connectivity index (χ3v) is 11.0. The predicted octanol–water partition coefficient (Wildman–Crippen LogP) is 2.84. The quantitative estimate of drug-likeness (QED) is 0.286. The van der Waals surface area contributed by atoms with Crippen LogP contribution in [0.3, 0.4) is 0 Å². The Morgan fingerprint density at radius 2 is 1.90 bits per heavy atom. The molecule has 2 aromatic heterocycles. The third kappa shape index (κ3) is 4.99. The van der Waals surface area contributed by atoms with Gasteiger partial charge in [-0.25, -0.2) is 27.9 Å². The van der Waals surface area contributed by atoms with Crippen LogP contribution in [0.15, 0.2) is 35.5 Å². The van der Waals surface area contributed by atoms with Crippen LogP contribution in [0.5, 0.6) is 0 Å². The zero-order valence-corrected chi connectivity index (χ0v) is 22.4. The van der Waals surface area contributed by atoms with E-state index in [9.17, 15) is 27.7 Å². The van der Waals surface area contributed by atoms with Crippen molar-refractivity contribution in [1.29, 1.82) is 0 Å². The highest BCUT2D eigenvalue weighted by Crippen LogP contribution is 2.50. The first kappa shape index (κ1) is 28.2. The van der Waals surface area contributed by atoms with Gasteiger partial charge >= 0.3 is 6.09 Å². The summed E-state index contributed by atoms with van der Waals surface area (Å²) in [6, 6.07) is 5.16. The number of halogens is 3. The number of aromatic nitrogens is 2. The fourth-order valence-corrected chi connectivity index (χ4v) is 8.55. The zero-order chi connectivity index (χ0) is 28.8. The van der Waals surface area contributed by atoms with Gasteiger partial charge in [-0.1, -0.05) is 5.92 Å². The molecule has 4 N–H and O–H groups in total. The van der Waals surface area contributed by atoms with E-state index in [2.05, 4.69) is 42.2 Å². The highest BCUT2D eigenvalue weighted by Gasteiger charge is 2.62. The highest BCUT2D eigenvalue weighted by atomic mass is 32.3. The molecule has 0 unspecified atom stereocenters. The molecule has 14 heteroatoms. The second kappa shape index (κ2) is 9.73. The Morgan fingerprint density at radius 1 is 1.18 bits per heavy atom. The lowest BCUT2D eigenvalue weighted by atomic mass is 9.88. The number of amidine groups is 1. The molecular weight excluding hydrogens is 537 g/mol. The average Bonchev–Trinajstić information content (AvgIpc) is 2.85. The van der Waals surface area contributed by atoms with Gasteiger partial charge in [-0.3, -0.25) is 24.0 Å². The van der Waals surface area contributed by atoms with Crippen LogP contribution in [0.2, 0.25) is 0 Å². The predicted molar refractivity (Wildman–Crippen MR) is 140 cm³/mol. The molecule has 2 atom stereocenters. The number of hydrogen-bond acceptors (Lipinski definition) is 6. The standard InChI is InChI=1S/C25H27F3N6O4S/c1-5-6-14-7-9-16(29-12-14)20(35)32-18-10-8-15(26)19(31-18)24(4)17-11-25(27,28)13-30-39(17,38)23(2,3)21(34-24)33-22(36)37/h7-10,12,17,39H,11,13H2,1-4H3,(H,30,38)(H,33,34)(H,36,37)(H,31,32,35)/t17-,24+/m1/s1. The fraction of sp³-hybridized carbons (Fsp3) is 0.400. The summed E-state index contributed by atoms with van der Waals surface area (Å²) in [5.74, 6) is 0.131. The molecule has 0 saturated carbocycles. The number of amides is 2. The van der Waals surface area contributed by atoms with Crippen molar-refractivity contribution >= 4 is 33.8 Å². The molecule has 0 aromatic carbocycles. The van der Waals surface area contributed by atoms with Crippen molar-refractivity contribution in [2.45, 2.75) is 55.6 Å². The third-order valence-electron chi connectivity index (χ3n) is 6.96. The van der Waals surface area contributed by atoms with Crippen molar-refractivity contribution < 1.29 is 32.1 Å². The minimum atomic E-state index is -3.92. The Kier molecular flexibility index (Phi) is 7.03. The van der Waals surface area contributed by atoms with E-state index in [0.717, 1.165) is 12.1 Å². The van der Waals surface area contributed by atoms with Crippen molar-refractivity contribution in [3.63, 3.8) is 0 Å². The van der Waals surface area contributed by atoms with Crippen LogP contribution in [-0.2, 0) is 15.7 Å². The van der Waals surface area contributed by atoms with Crippen LogP contribution in [0, 0.1) is 17.7 Å². The van der Waals surface area contributed by atoms with E-state index in [-0.39, 0.29) is 17.3 Å². The van der Waals surface area contributed by atoms with Crippen LogP contribution in [0.1, 0.15) is 55.9 Å². The van der Waals surface area contributed by atoms with E-state index in [0.29, 0.717) is 5.56 Å². The molecule has 0 spiro atoms. The van der Waals surface area contributed by atoms with Gasteiger partial charge < -0.3 is 10.4 Å². The van der Waals surface area contributed by atoms with Crippen molar-refractivity contribution in [3.05, 3.63) is 53.2 Å². The number of alkyl halides is 2. The lowest BCUT2D eigenvalue weighted by Gasteiger charge is -2.57. The second-order valence-corrected chi connectivity index (χ2v) is 13.3. The molecular formula is C25H27F3N6O4S. The number of anilines is 1. The average molecular weight is 565 g/mol. The van der Waals surface area contributed by atoms with Crippen LogP contribution < -0.4 is 15.4 Å². The normalized spacial score (nSPS) is 25.1. The summed E-state index contributed by atoms with van der Waals surface area (Å²) < 4.78 is 60.0. The molecule has 1 fully saturated rings. The zero-order valence-electron chi connectivity index (χ0n) is 21.5. The van der Waals surface area contributed by atoms with Gasteiger partial charge in [0.2, 0.25) is 0 Å². The van der Waals surface area contributed by atoms with Gasteiger partial charge in [0.05, 0.1) is 16.5 Å². The maximum Gasteiger partial charge on any atom is 0.410 e. The molecule has 0 bridgehead atoms. The van der Waals surface area contributed by atoms with E-state index < -0.39 is 68.1 Å². The van der Waals surface area contributed by atoms with Gasteiger partial charge in [-0.15, -0.1) is 5.92 Å². The number of fused-ring (bicyclic) bond motifs is 1. The number of pyridine rings is 2. The summed E-state index contributed by atoms with van der Waals surface area (Å²) in [6.07, 6.45) is -1.02. The number of carboxylic acid groups (broad SMARTS) is 1. The molecule has 2 aliphatic heterocycles. The molecule has 10 nitrogen and oxygen atoms in total. The Morgan fingerprint density at radius 3 is 2.51 bits per heavy atom. The summed E-state index contributed by atoms with van der Waals surface area (Å²) in [6.45, 7) is 4.88. The summed E-state index contributed by atoms with van der Waals surface area (Å²) in [7, 11) is -3.92. The van der Waals surface area contributed by atoms with Gasteiger partial charge in [-0.05, 0) is 62.1 Å². The van der Waals surface area contributed by atoms with E-state index in [4.69, 9.17) is 0 Å². The van der Waals surface area contributed by atoms with E-state index in [1.165, 1.54) is 33.0 Å². The summed E-state index contributed by atoms with van der Waals surface area (Å²) in [5.41, 5.74) is -1.87. The number of rotatable bonds is 3. The fourth-order valence-electron chi connectivity index (χ4n) is 4.85. The minimum absolute atomic E-state index is 0.0153. The number of carbonyl (C=O) groups excluding carboxylic acids is 1. The van der Waals surface area contributed by atoms with Gasteiger partial charge in [0.1, 0.15) is 34.4 Å². The second-order valence-electron chi connectivity index (χ2n) is 9.95. The largest absolute Gasteiger partial charge is 0.465 e.